The fraction of sp³-hybridized carbons (Fsp3) is 0.0556. The summed E-state index contributed by atoms with van der Waals surface area (Å²) in [6, 6.07) is 42.9. The number of benzene rings is 5. The fourth-order valence-electron chi connectivity index (χ4n) is 5.74. The maximum Gasteiger partial charge on any atom is 0.0541 e. The van der Waals surface area contributed by atoms with Crippen LogP contribution in [0.15, 0.2) is 146 Å². The number of hydrogen-bond acceptors (Lipinski definition) is 1. The van der Waals surface area contributed by atoms with Crippen molar-refractivity contribution in [3.8, 4) is 5.69 Å². The number of aromatic nitrogens is 1. The van der Waals surface area contributed by atoms with E-state index in [0.717, 1.165) is 40.2 Å². The quantitative estimate of drug-likeness (QED) is 0.218. The number of halogens is 1. The van der Waals surface area contributed by atoms with Gasteiger partial charge in [0.25, 0.3) is 0 Å². The molecular formula is C36H27ClN2. The number of para-hydroxylation sites is 3. The molecule has 0 amide bonds. The zero-order valence-corrected chi connectivity index (χ0v) is 22.2. The van der Waals surface area contributed by atoms with E-state index in [1.807, 2.05) is 0 Å². The van der Waals surface area contributed by atoms with Crippen LogP contribution in [0.4, 0.5) is 17.1 Å². The van der Waals surface area contributed by atoms with Crippen molar-refractivity contribution in [2.45, 2.75) is 12.3 Å². The van der Waals surface area contributed by atoms with Gasteiger partial charge in [-0.25, -0.2) is 0 Å². The zero-order valence-electron chi connectivity index (χ0n) is 21.4. The Hall–Kier alpha value is -4.53. The monoisotopic (exact) mass is 522 g/mol. The number of fused-ring (bicyclic) bond motifs is 3. The van der Waals surface area contributed by atoms with Gasteiger partial charge in [0.15, 0.2) is 0 Å². The number of hydrogen-bond donors (Lipinski definition) is 0. The van der Waals surface area contributed by atoms with Crippen molar-refractivity contribution >= 4 is 50.5 Å². The molecule has 5 aromatic carbocycles. The molecule has 1 unspecified atom stereocenters. The van der Waals surface area contributed by atoms with Gasteiger partial charge in [-0.1, -0.05) is 103 Å². The van der Waals surface area contributed by atoms with Gasteiger partial charge in [0.1, 0.15) is 0 Å². The van der Waals surface area contributed by atoms with Gasteiger partial charge >= 0.3 is 0 Å². The lowest BCUT2D eigenvalue weighted by atomic mass is 9.92. The maximum absolute atomic E-state index is 6.86. The molecule has 7 rings (SSSR count). The van der Waals surface area contributed by atoms with Gasteiger partial charge in [0.05, 0.1) is 11.0 Å². The minimum Gasteiger partial charge on any atom is -0.310 e. The van der Waals surface area contributed by atoms with E-state index >= 15 is 0 Å². The van der Waals surface area contributed by atoms with E-state index in [-0.39, 0.29) is 0 Å². The van der Waals surface area contributed by atoms with Crippen LogP contribution in [0, 0.1) is 0 Å². The highest BCUT2D eigenvalue weighted by Gasteiger charge is 2.18. The first-order chi connectivity index (χ1) is 19.3. The molecule has 1 heterocycles. The van der Waals surface area contributed by atoms with Crippen LogP contribution in [0.3, 0.4) is 0 Å². The van der Waals surface area contributed by atoms with Crippen LogP contribution < -0.4 is 4.90 Å². The summed E-state index contributed by atoms with van der Waals surface area (Å²) in [4.78, 5) is 2.28. The van der Waals surface area contributed by atoms with E-state index in [2.05, 4.69) is 155 Å². The van der Waals surface area contributed by atoms with Crippen LogP contribution in [0.5, 0.6) is 0 Å². The second-order valence-electron chi connectivity index (χ2n) is 9.96. The summed E-state index contributed by atoms with van der Waals surface area (Å²) in [5, 5.41) is 3.16. The smallest absolute Gasteiger partial charge is 0.0541 e. The SMILES string of the molecule is Clc1cc(N(c2ccccc2)c2ccc(C3C=CC=CC3)cc2)cc(-n2c3ccccc3c3ccccc32)c1. The first kappa shape index (κ1) is 23.6. The van der Waals surface area contributed by atoms with E-state index in [1.54, 1.807) is 0 Å². The molecule has 6 aromatic rings. The molecule has 0 radical (unpaired) electrons. The molecule has 0 fully saturated rings. The highest BCUT2D eigenvalue weighted by molar-refractivity contribution is 6.31. The standard InChI is InChI=1S/C36H27ClN2/c37-28-23-31(25-32(24-28)39-35-17-9-7-15-33(35)34-16-8-10-18-36(34)39)38(29-13-5-2-6-14-29)30-21-19-27(20-22-30)26-11-3-1-4-12-26/h1-11,13-26H,12H2. The van der Waals surface area contributed by atoms with E-state index in [4.69, 9.17) is 11.6 Å². The summed E-state index contributed by atoms with van der Waals surface area (Å²) < 4.78 is 2.31. The Morgan fingerprint density at radius 3 is 1.92 bits per heavy atom. The lowest BCUT2D eigenvalue weighted by Gasteiger charge is -2.27. The van der Waals surface area contributed by atoms with Crippen molar-refractivity contribution in [2.24, 2.45) is 0 Å². The third-order valence-electron chi connectivity index (χ3n) is 7.54. The van der Waals surface area contributed by atoms with E-state index in [1.165, 1.54) is 16.3 Å². The van der Waals surface area contributed by atoms with Gasteiger partial charge in [-0.3, -0.25) is 0 Å². The Morgan fingerprint density at radius 2 is 1.26 bits per heavy atom. The summed E-state index contributed by atoms with van der Waals surface area (Å²) in [5.74, 6) is 0.419. The minimum absolute atomic E-state index is 0.419. The van der Waals surface area contributed by atoms with Crippen molar-refractivity contribution in [3.05, 3.63) is 156 Å². The first-order valence-corrected chi connectivity index (χ1v) is 13.7. The highest BCUT2D eigenvalue weighted by atomic mass is 35.5. The van der Waals surface area contributed by atoms with Crippen LogP contribution in [0.2, 0.25) is 5.02 Å². The molecule has 2 nitrogen and oxygen atoms in total. The molecule has 1 aliphatic carbocycles. The van der Waals surface area contributed by atoms with Gasteiger partial charge in [0.2, 0.25) is 0 Å². The molecule has 0 saturated carbocycles. The Morgan fingerprint density at radius 1 is 0.615 bits per heavy atom. The summed E-state index contributed by atoms with van der Waals surface area (Å²) >= 11 is 6.86. The number of allylic oxidation sites excluding steroid dienone is 4. The molecule has 0 saturated heterocycles. The fourth-order valence-corrected chi connectivity index (χ4v) is 5.96. The molecule has 3 heteroatoms. The van der Waals surface area contributed by atoms with Gasteiger partial charge in [-0.2, -0.15) is 0 Å². The number of nitrogens with zero attached hydrogens (tertiary/aromatic N) is 2. The Labute approximate surface area is 233 Å². The van der Waals surface area contributed by atoms with Crippen LogP contribution >= 0.6 is 11.6 Å². The molecule has 0 spiro atoms. The van der Waals surface area contributed by atoms with Gasteiger partial charge in [0, 0.05) is 44.5 Å². The molecule has 1 aliphatic rings. The molecule has 0 N–H and O–H groups in total. The number of rotatable bonds is 5. The lowest BCUT2D eigenvalue weighted by Crippen LogP contribution is -2.11. The molecule has 0 bridgehead atoms. The minimum atomic E-state index is 0.419. The third-order valence-corrected chi connectivity index (χ3v) is 7.76. The second kappa shape index (κ2) is 9.98. The van der Waals surface area contributed by atoms with Crippen molar-refractivity contribution in [1.29, 1.82) is 0 Å². The van der Waals surface area contributed by atoms with Crippen LogP contribution in [0.1, 0.15) is 17.9 Å². The van der Waals surface area contributed by atoms with Crippen molar-refractivity contribution < 1.29 is 0 Å². The average Bonchev–Trinajstić information content (AvgIpc) is 3.33. The Bertz CT molecular complexity index is 1790. The van der Waals surface area contributed by atoms with Crippen LogP contribution in [-0.2, 0) is 0 Å². The van der Waals surface area contributed by atoms with E-state index < -0.39 is 0 Å². The van der Waals surface area contributed by atoms with Crippen LogP contribution in [-0.4, -0.2) is 4.57 Å². The molecule has 1 atom stereocenters. The van der Waals surface area contributed by atoms with Crippen molar-refractivity contribution in [2.75, 3.05) is 4.90 Å². The first-order valence-electron chi connectivity index (χ1n) is 13.3. The highest BCUT2D eigenvalue weighted by Crippen LogP contribution is 2.40. The van der Waals surface area contributed by atoms with E-state index in [9.17, 15) is 0 Å². The van der Waals surface area contributed by atoms with Gasteiger partial charge in [-0.05, 0) is 66.6 Å². The molecular weight excluding hydrogens is 496 g/mol. The van der Waals surface area contributed by atoms with Gasteiger partial charge in [-0.15, -0.1) is 0 Å². The number of anilines is 3. The van der Waals surface area contributed by atoms with Crippen molar-refractivity contribution in [3.63, 3.8) is 0 Å². The summed E-state index contributed by atoms with van der Waals surface area (Å²) in [6.45, 7) is 0. The zero-order chi connectivity index (χ0) is 26.2. The average molecular weight is 523 g/mol. The van der Waals surface area contributed by atoms with E-state index in [0.29, 0.717) is 10.9 Å². The predicted molar refractivity (Wildman–Crippen MR) is 166 cm³/mol. The largest absolute Gasteiger partial charge is 0.310 e. The topological polar surface area (TPSA) is 8.17 Å². The van der Waals surface area contributed by atoms with Crippen LogP contribution in [0.25, 0.3) is 27.5 Å². The lowest BCUT2D eigenvalue weighted by molar-refractivity contribution is 0.854. The van der Waals surface area contributed by atoms with Gasteiger partial charge < -0.3 is 9.47 Å². The second-order valence-corrected chi connectivity index (χ2v) is 10.4. The predicted octanol–water partition coefficient (Wildman–Crippen LogP) is 10.5. The molecule has 188 valence electrons. The van der Waals surface area contributed by atoms with Crippen molar-refractivity contribution in [1.82, 2.24) is 4.57 Å². The maximum atomic E-state index is 6.86. The summed E-state index contributed by atoms with van der Waals surface area (Å²) in [7, 11) is 0. The Balaban J connectivity index is 1.39. The molecule has 1 aromatic heterocycles. The summed E-state index contributed by atoms with van der Waals surface area (Å²) in [5.41, 5.74) is 7.88. The normalized spacial score (nSPS) is 14.7. The molecule has 39 heavy (non-hydrogen) atoms. The summed E-state index contributed by atoms with van der Waals surface area (Å²) in [6.07, 6.45) is 9.81. The third kappa shape index (κ3) is 4.33. The molecule has 0 aliphatic heterocycles. The Kier molecular flexibility index (Phi) is 6.03.